The first-order chi connectivity index (χ1) is 10.5. The van der Waals surface area contributed by atoms with Crippen LogP contribution in [0.5, 0.6) is 0 Å². The summed E-state index contributed by atoms with van der Waals surface area (Å²) in [4.78, 5) is 12.1. The van der Waals surface area contributed by atoms with Crippen LogP contribution in [0.1, 0.15) is 35.4 Å². The quantitative estimate of drug-likeness (QED) is 0.881. The monoisotopic (exact) mass is 321 g/mol. The molecule has 0 radical (unpaired) electrons. The number of rotatable bonds is 5. The van der Waals surface area contributed by atoms with Gasteiger partial charge >= 0.3 is 0 Å². The molecular formula is C17H17ClFNO2. The highest BCUT2D eigenvalue weighted by molar-refractivity contribution is 6.34. The van der Waals surface area contributed by atoms with Crippen LogP contribution < -0.4 is 5.32 Å². The molecule has 0 aliphatic heterocycles. The van der Waals surface area contributed by atoms with E-state index in [1.165, 1.54) is 18.2 Å². The minimum Gasteiger partial charge on any atom is -0.388 e. The van der Waals surface area contributed by atoms with Gasteiger partial charge in [0.2, 0.25) is 0 Å². The Kier molecular flexibility index (Phi) is 5.52. The number of carbonyl (C=O) groups is 1. The van der Waals surface area contributed by atoms with Crippen LogP contribution in [0.25, 0.3) is 0 Å². The summed E-state index contributed by atoms with van der Waals surface area (Å²) in [7, 11) is 0. The summed E-state index contributed by atoms with van der Waals surface area (Å²) in [5.74, 6) is -1.09. The lowest BCUT2D eigenvalue weighted by Crippen LogP contribution is -2.34. The Morgan fingerprint density at radius 3 is 2.59 bits per heavy atom. The maximum Gasteiger partial charge on any atom is 0.253 e. The molecule has 116 valence electrons. The molecule has 2 unspecified atom stereocenters. The lowest BCUT2D eigenvalue weighted by Gasteiger charge is -2.18. The number of nitrogens with one attached hydrogen (secondary N) is 1. The summed E-state index contributed by atoms with van der Waals surface area (Å²) in [6.07, 6.45) is -0.331. The number of carbonyl (C=O) groups excluding carboxylic acids is 1. The van der Waals surface area contributed by atoms with E-state index in [9.17, 15) is 14.3 Å². The number of benzene rings is 2. The zero-order valence-electron chi connectivity index (χ0n) is 12.1. The fourth-order valence-corrected chi connectivity index (χ4v) is 2.40. The highest BCUT2D eigenvalue weighted by Gasteiger charge is 2.18. The third-order valence-electron chi connectivity index (χ3n) is 3.33. The minimum absolute atomic E-state index is 0.0858. The first-order valence-electron chi connectivity index (χ1n) is 6.97. The van der Waals surface area contributed by atoms with Crippen molar-refractivity contribution >= 4 is 17.5 Å². The largest absolute Gasteiger partial charge is 0.388 e. The van der Waals surface area contributed by atoms with Crippen molar-refractivity contribution < 1.29 is 14.3 Å². The van der Waals surface area contributed by atoms with Crippen molar-refractivity contribution in [3.8, 4) is 0 Å². The highest BCUT2D eigenvalue weighted by atomic mass is 35.5. The van der Waals surface area contributed by atoms with E-state index in [-0.39, 0.29) is 16.6 Å². The van der Waals surface area contributed by atoms with E-state index in [1.54, 1.807) is 6.92 Å². The molecule has 2 rings (SSSR count). The van der Waals surface area contributed by atoms with Crippen LogP contribution in [0.2, 0.25) is 5.02 Å². The summed E-state index contributed by atoms with van der Waals surface area (Å²) >= 11 is 5.79. The SMILES string of the molecule is CC(CC(O)c1ccccc1)NC(=O)c1cccc(F)c1Cl. The molecule has 0 aromatic heterocycles. The Labute approximate surface area is 133 Å². The summed E-state index contributed by atoms with van der Waals surface area (Å²) in [5, 5.41) is 12.7. The molecule has 3 nitrogen and oxygen atoms in total. The maximum atomic E-state index is 13.4. The zero-order chi connectivity index (χ0) is 16.1. The van der Waals surface area contributed by atoms with Gasteiger partial charge in [-0.1, -0.05) is 48.0 Å². The number of amides is 1. The molecule has 2 aromatic rings. The fourth-order valence-electron chi connectivity index (χ4n) is 2.19. The standard InChI is InChI=1S/C17H17ClFNO2/c1-11(10-15(21)12-6-3-2-4-7-12)20-17(22)13-8-5-9-14(19)16(13)18/h2-9,11,15,21H,10H2,1H3,(H,20,22). The molecule has 1 amide bonds. The Hall–Kier alpha value is -1.91. The molecular weight excluding hydrogens is 305 g/mol. The minimum atomic E-state index is -0.681. The Balaban J connectivity index is 1.98. The predicted molar refractivity (Wildman–Crippen MR) is 84.4 cm³/mol. The molecule has 0 aliphatic carbocycles. The van der Waals surface area contributed by atoms with Crippen molar-refractivity contribution in [3.63, 3.8) is 0 Å². The molecule has 0 heterocycles. The summed E-state index contributed by atoms with van der Waals surface area (Å²) in [6, 6.07) is 13.0. The summed E-state index contributed by atoms with van der Waals surface area (Å²) < 4.78 is 13.4. The smallest absolute Gasteiger partial charge is 0.253 e. The molecule has 22 heavy (non-hydrogen) atoms. The van der Waals surface area contributed by atoms with Crippen LogP contribution in [0.4, 0.5) is 4.39 Å². The molecule has 0 bridgehead atoms. The summed E-state index contributed by atoms with van der Waals surface area (Å²) in [5.41, 5.74) is 0.870. The van der Waals surface area contributed by atoms with Crippen molar-refractivity contribution in [2.24, 2.45) is 0 Å². The molecule has 5 heteroatoms. The van der Waals surface area contributed by atoms with Crippen LogP contribution in [-0.4, -0.2) is 17.1 Å². The van der Waals surface area contributed by atoms with Gasteiger partial charge < -0.3 is 10.4 Å². The fraction of sp³-hybridized carbons (Fsp3) is 0.235. The molecule has 0 fully saturated rings. The van der Waals surface area contributed by atoms with E-state index in [2.05, 4.69) is 5.32 Å². The van der Waals surface area contributed by atoms with Gasteiger partial charge in [0, 0.05) is 6.04 Å². The second-order valence-electron chi connectivity index (χ2n) is 5.14. The van der Waals surface area contributed by atoms with Crippen LogP contribution in [0.15, 0.2) is 48.5 Å². The van der Waals surface area contributed by atoms with E-state index in [0.717, 1.165) is 5.56 Å². The van der Waals surface area contributed by atoms with Crippen LogP contribution in [0.3, 0.4) is 0 Å². The van der Waals surface area contributed by atoms with E-state index >= 15 is 0 Å². The predicted octanol–water partition coefficient (Wildman–Crippen LogP) is 3.72. The van der Waals surface area contributed by atoms with Gasteiger partial charge in [-0.3, -0.25) is 4.79 Å². The van der Waals surface area contributed by atoms with E-state index < -0.39 is 17.8 Å². The van der Waals surface area contributed by atoms with Crippen LogP contribution in [-0.2, 0) is 0 Å². The van der Waals surface area contributed by atoms with E-state index in [1.807, 2.05) is 30.3 Å². The second kappa shape index (κ2) is 7.38. The number of aliphatic hydroxyl groups is 1. The second-order valence-corrected chi connectivity index (χ2v) is 5.52. The highest BCUT2D eigenvalue weighted by Crippen LogP contribution is 2.21. The summed E-state index contributed by atoms with van der Waals surface area (Å²) in [6.45, 7) is 1.78. The molecule has 2 atom stereocenters. The van der Waals surface area contributed by atoms with Gasteiger partial charge in [-0.2, -0.15) is 0 Å². The van der Waals surface area contributed by atoms with Crippen molar-refractivity contribution in [1.82, 2.24) is 5.32 Å². The third-order valence-corrected chi connectivity index (χ3v) is 3.72. The van der Waals surface area contributed by atoms with E-state index in [4.69, 9.17) is 11.6 Å². The van der Waals surface area contributed by atoms with Gasteiger partial charge in [-0.15, -0.1) is 0 Å². The van der Waals surface area contributed by atoms with Crippen molar-refractivity contribution in [3.05, 3.63) is 70.5 Å². The molecule has 2 aromatic carbocycles. The van der Waals surface area contributed by atoms with Gasteiger partial charge in [0.05, 0.1) is 16.7 Å². The normalized spacial score (nSPS) is 13.5. The van der Waals surface area contributed by atoms with Gasteiger partial charge in [0.15, 0.2) is 0 Å². The third kappa shape index (κ3) is 4.06. The van der Waals surface area contributed by atoms with Crippen molar-refractivity contribution in [2.45, 2.75) is 25.5 Å². The Bertz CT molecular complexity index is 648. The van der Waals surface area contributed by atoms with Crippen LogP contribution in [0, 0.1) is 5.82 Å². The lowest BCUT2D eigenvalue weighted by molar-refractivity contribution is 0.0916. The molecule has 0 saturated carbocycles. The number of hydrogen-bond acceptors (Lipinski definition) is 2. The number of halogens is 2. The topological polar surface area (TPSA) is 49.3 Å². The average molecular weight is 322 g/mol. The van der Waals surface area contributed by atoms with Gasteiger partial charge in [0.1, 0.15) is 5.82 Å². The van der Waals surface area contributed by atoms with E-state index in [0.29, 0.717) is 6.42 Å². The molecule has 0 aliphatic rings. The van der Waals surface area contributed by atoms with Gasteiger partial charge in [-0.25, -0.2) is 4.39 Å². The zero-order valence-corrected chi connectivity index (χ0v) is 12.8. The van der Waals surface area contributed by atoms with Crippen molar-refractivity contribution in [2.75, 3.05) is 0 Å². The Morgan fingerprint density at radius 2 is 1.91 bits per heavy atom. The average Bonchev–Trinajstić information content (AvgIpc) is 2.50. The van der Waals surface area contributed by atoms with Gasteiger partial charge in [-0.05, 0) is 31.0 Å². The number of aliphatic hydroxyl groups excluding tert-OH is 1. The van der Waals surface area contributed by atoms with Gasteiger partial charge in [0.25, 0.3) is 5.91 Å². The first-order valence-corrected chi connectivity index (χ1v) is 7.34. The maximum absolute atomic E-state index is 13.4. The lowest BCUT2D eigenvalue weighted by atomic mass is 10.0. The van der Waals surface area contributed by atoms with Crippen LogP contribution >= 0.6 is 11.6 Å². The Morgan fingerprint density at radius 1 is 1.23 bits per heavy atom. The number of hydrogen-bond donors (Lipinski definition) is 2. The molecule has 0 spiro atoms. The first kappa shape index (κ1) is 16.5. The molecule has 2 N–H and O–H groups in total. The molecule has 0 saturated heterocycles. The van der Waals surface area contributed by atoms with Crippen molar-refractivity contribution in [1.29, 1.82) is 0 Å².